The molecular formula is C24H15F5. The molecule has 5 heteroatoms. The van der Waals surface area contributed by atoms with E-state index in [1.165, 1.54) is 12.1 Å². The van der Waals surface area contributed by atoms with Gasteiger partial charge in [0, 0.05) is 22.3 Å². The topological polar surface area (TPSA) is 0 Å². The van der Waals surface area contributed by atoms with Crippen LogP contribution in [0.1, 0.15) is 34.7 Å². The lowest BCUT2D eigenvalue weighted by Gasteiger charge is -2.07. The highest BCUT2D eigenvalue weighted by Crippen LogP contribution is 2.31. The summed E-state index contributed by atoms with van der Waals surface area (Å²) in [6.07, 6.45) is 0.515. The lowest BCUT2D eigenvalue weighted by molar-refractivity contribution is 0.446. The Balaban J connectivity index is 1.99. The summed E-state index contributed by atoms with van der Waals surface area (Å²) in [7, 11) is 0. The van der Waals surface area contributed by atoms with Crippen molar-refractivity contribution in [3.8, 4) is 11.8 Å². The Morgan fingerprint density at radius 1 is 0.759 bits per heavy atom. The highest BCUT2D eigenvalue weighted by Gasteiger charge is 2.17. The van der Waals surface area contributed by atoms with Gasteiger partial charge in [-0.25, -0.2) is 22.0 Å². The van der Waals surface area contributed by atoms with Gasteiger partial charge in [0.15, 0.2) is 29.1 Å². The fraction of sp³-hybridized carbons (Fsp3) is 0.0833. The van der Waals surface area contributed by atoms with Gasteiger partial charge in [0.05, 0.1) is 0 Å². The van der Waals surface area contributed by atoms with Crippen LogP contribution in [0.4, 0.5) is 22.0 Å². The number of hydrogen-bond acceptors (Lipinski definition) is 0. The summed E-state index contributed by atoms with van der Waals surface area (Å²) < 4.78 is 68.7. The van der Waals surface area contributed by atoms with Crippen LogP contribution in [0.5, 0.6) is 0 Å². The molecule has 0 atom stereocenters. The molecule has 0 fully saturated rings. The first kappa shape index (κ1) is 20.3. The van der Waals surface area contributed by atoms with Gasteiger partial charge < -0.3 is 0 Å². The Kier molecular flexibility index (Phi) is 6.13. The van der Waals surface area contributed by atoms with E-state index in [0.29, 0.717) is 29.7 Å². The van der Waals surface area contributed by atoms with Gasteiger partial charge >= 0.3 is 0 Å². The Bertz CT molecular complexity index is 1110. The fourth-order valence-electron chi connectivity index (χ4n) is 2.74. The summed E-state index contributed by atoms with van der Waals surface area (Å²) in [6, 6.07) is 14.4. The monoisotopic (exact) mass is 398 g/mol. The first-order valence-corrected chi connectivity index (χ1v) is 8.81. The van der Waals surface area contributed by atoms with Crippen molar-refractivity contribution in [2.24, 2.45) is 0 Å². The van der Waals surface area contributed by atoms with Gasteiger partial charge in [-0.1, -0.05) is 43.0 Å². The SMILES string of the molecule is CCc1cc(/C(F)=C(\F)c2cc(F)c(F)c(F)c2)ccc1C#Cc1ccccc1. The quantitative estimate of drug-likeness (QED) is 0.196. The molecule has 0 bridgehead atoms. The predicted molar refractivity (Wildman–Crippen MR) is 104 cm³/mol. The minimum absolute atomic E-state index is 0.102. The maximum Gasteiger partial charge on any atom is 0.194 e. The highest BCUT2D eigenvalue weighted by atomic mass is 19.2. The average Bonchev–Trinajstić information content (AvgIpc) is 2.75. The van der Waals surface area contributed by atoms with E-state index in [9.17, 15) is 22.0 Å². The summed E-state index contributed by atoms with van der Waals surface area (Å²) in [5, 5.41) is 0. The summed E-state index contributed by atoms with van der Waals surface area (Å²) in [6.45, 7) is 1.84. The standard InChI is InChI=1S/C24H15F5/c1-2-16-12-18(11-10-17(16)9-8-15-6-4-3-5-7-15)22(27)23(28)19-13-20(25)24(29)21(26)14-19/h3-7,10-14H,2H2,1H3/b23-22+. The van der Waals surface area contributed by atoms with Gasteiger partial charge in [0.25, 0.3) is 0 Å². The molecule has 0 aliphatic heterocycles. The van der Waals surface area contributed by atoms with E-state index in [1.807, 2.05) is 37.3 Å². The number of aryl methyl sites for hydroxylation is 1. The summed E-state index contributed by atoms with van der Waals surface area (Å²) in [5.74, 6) is -1.70. The maximum atomic E-state index is 14.6. The molecule has 0 aliphatic carbocycles. The van der Waals surface area contributed by atoms with Crippen LogP contribution in [0, 0.1) is 29.3 Å². The van der Waals surface area contributed by atoms with E-state index in [-0.39, 0.29) is 5.56 Å². The van der Waals surface area contributed by atoms with E-state index in [4.69, 9.17) is 0 Å². The van der Waals surface area contributed by atoms with E-state index in [1.54, 1.807) is 6.07 Å². The maximum absolute atomic E-state index is 14.6. The second kappa shape index (κ2) is 8.74. The van der Waals surface area contributed by atoms with Gasteiger partial charge in [-0.15, -0.1) is 0 Å². The molecule has 0 saturated heterocycles. The van der Waals surface area contributed by atoms with Crippen molar-refractivity contribution >= 4 is 11.7 Å². The van der Waals surface area contributed by atoms with Gasteiger partial charge in [0.2, 0.25) is 0 Å². The molecule has 3 rings (SSSR count). The van der Waals surface area contributed by atoms with E-state index in [2.05, 4.69) is 11.8 Å². The summed E-state index contributed by atoms with van der Waals surface area (Å²) >= 11 is 0. The average molecular weight is 398 g/mol. The van der Waals surface area contributed by atoms with Gasteiger partial charge in [-0.3, -0.25) is 0 Å². The molecule has 0 heterocycles. The zero-order valence-corrected chi connectivity index (χ0v) is 15.4. The Hall–Kier alpha value is -3.39. The molecule has 0 aliphatic rings. The first-order valence-electron chi connectivity index (χ1n) is 8.81. The van der Waals surface area contributed by atoms with Crippen molar-refractivity contribution in [3.63, 3.8) is 0 Å². The third-order valence-electron chi connectivity index (χ3n) is 4.28. The van der Waals surface area contributed by atoms with E-state index in [0.717, 1.165) is 5.56 Å². The van der Waals surface area contributed by atoms with Crippen LogP contribution in [0.3, 0.4) is 0 Å². The van der Waals surface area contributed by atoms with Crippen LogP contribution in [0.25, 0.3) is 11.7 Å². The van der Waals surface area contributed by atoms with Crippen molar-refractivity contribution < 1.29 is 22.0 Å². The van der Waals surface area contributed by atoms with Crippen LogP contribution in [-0.2, 0) is 6.42 Å². The van der Waals surface area contributed by atoms with Crippen molar-refractivity contribution in [3.05, 3.63) is 106 Å². The third kappa shape index (κ3) is 4.55. The predicted octanol–water partition coefficient (Wildman–Crippen LogP) is 6.83. The second-order valence-corrected chi connectivity index (χ2v) is 6.22. The second-order valence-electron chi connectivity index (χ2n) is 6.22. The number of hydrogen-bond donors (Lipinski definition) is 0. The molecule has 0 saturated carbocycles. The van der Waals surface area contributed by atoms with Crippen LogP contribution >= 0.6 is 0 Å². The molecule has 29 heavy (non-hydrogen) atoms. The summed E-state index contributed by atoms with van der Waals surface area (Å²) in [4.78, 5) is 0. The number of halogens is 5. The van der Waals surface area contributed by atoms with Crippen LogP contribution < -0.4 is 0 Å². The lowest BCUT2D eigenvalue weighted by atomic mass is 10.00. The fourth-order valence-corrected chi connectivity index (χ4v) is 2.74. The molecule has 0 aromatic heterocycles. The summed E-state index contributed by atoms with van der Waals surface area (Å²) in [5.41, 5.74) is 1.34. The van der Waals surface area contributed by atoms with Crippen LogP contribution in [-0.4, -0.2) is 0 Å². The molecule has 0 radical (unpaired) electrons. The number of rotatable bonds is 3. The van der Waals surface area contributed by atoms with E-state index >= 15 is 0 Å². The molecule has 0 unspecified atom stereocenters. The highest BCUT2D eigenvalue weighted by molar-refractivity contribution is 5.83. The Morgan fingerprint density at radius 2 is 1.38 bits per heavy atom. The molecule has 3 aromatic carbocycles. The van der Waals surface area contributed by atoms with Crippen molar-refractivity contribution in [2.45, 2.75) is 13.3 Å². The minimum atomic E-state index is -1.74. The van der Waals surface area contributed by atoms with Gasteiger partial charge in [-0.05, 0) is 48.4 Å². The van der Waals surface area contributed by atoms with Gasteiger partial charge in [-0.2, -0.15) is 0 Å². The lowest BCUT2D eigenvalue weighted by Crippen LogP contribution is -1.95. The Labute approximate surface area is 165 Å². The van der Waals surface area contributed by atoms with Gasteiger partial charge in [0.1, 0.15) is 0 Å². The molecule has 146 valence electrons. The normalized spacial score (nSPS) is 11.5. The molecular weight excluding hydrogens is 383 g/mol. The van der Waals surface area contributed by atoms with Crippen molar-refractivity contribution in [2.75, 3.05) is 0 Å². The van der Waals surface area contributed by atoms with Crippen molar-refractivity contribution in [1.29, 1.82) is 0 Å². The van der Waals surface area contributed by atoms with Crippen molar-refractivity contribution in [1.82, 2.24) is 0 Å². The molecule has 3 aromatic rings. The molecule has 0 spiro atoms. The Morgan fingerprint density at radius 3 is 2.00 bits per heavy atom. The minimum Gasteiger partial charge on any atom is -0.204 e. The third-order valence-corrected chi connectivity index (χ3v) is 4.28. The largest absolute Gasteiger partial charge is 0.204 e. The smallest absolute Gasteiger partial charge is 0.194 e. The zero-order valence-electron chi connectivity index (χ0n) is 15.4. The molecule has 0 amide bonds. The van der Waals surface area contributed by atoms with E-state index < -0.39 is 34.7 Å². The molecule has 0 nitrogen and oxygen atoms in total. The molecule has 0 N–H and O–H groups in total. The van der Waals surface area contributed by atoms with Crippen LogP contribution in [0.15, 0.2) is 60.7 Å². The first-order chi connectivity index (χ1) is 13.9. The van der Waals surface area contributed by atoms with Crippen LogP contribution in [0.2, 0.25) is 0 Å². The number of benzene rings is 3. The zero-order chi connectivity index (χ0) is 21.0.